The van der Waals surface area contributed by atoms with Crippen molar-refractivity contribution in [2.24, 2.45) is 5.73 Å². The van der Waals surface area contributed by atoms with Crippen molar-refractivity contribution in [3.8, 4) is 12.1 Å². The number of carbonyl (C=O) groups is 1. The SMILES string of the molecule is N#CC(C#N)=C(N)c1ccccc1C(=O)O. The fraction of sp³-hybridized carbons (Fsp3) is 0. The van der Waals surface area contributed by atoms with Gasteiger partial charge in [-0.25, -0.2) is 4.79 Å². The number of nitrogens with zero attached hydrogens (tertiary/aromatic N) is 2. The third-order valence-corrected chi connectivity index (χ3v) is 1.94. The maximum Gasteiger partial charge on any atom is 0.336 e. The predicted molar refractivity (Wildman–Crippen MR) is 55.7 cm³/mol. The van der Waals surface area contributed by atoms with E-state index in [0.717, 1.165) is 0 Å². The Morgan fingerprint density at radius 2 is 1.69 bits per heavy atom. The second-order valence-corrected chi connectivity index (χ2v) is 2.86. The number of hydrogen-bond donors (Lipinski definition) is 2. The van der Waals surface area contributed by atoms with Crippen LogP contribution in [0.5, 0.6) is 0 Å². The maximum absolute atomic E-state index is 10.9. The molecule has 1 aromatic carbocycles. The summed E-state index contributed by atoms with van der Waals surface area (Å²) in [6.45, 7) is 0. The van der Waals surface area contributed by atoms with E-state index in [9.17, 15) is 4.79 Å². The van der Waals surface area contributed by atoms with Crippen molar-refractivity contribution in [3.63, 3.8) is 0 Å². The van der Waals surface area contributed by atoms with E-state index in [-0.39, 0.29) is 22.4 Å². The van der Waals surface area contributed by atoms with Crippen molar-refractivity contribution in [3.05, 3.63) is 41.0 Å². The lowest BCUT2D eigenvalue weighted by Crippen LogP contribution is -2.07. The Morgan fingerprint density at radius 3 is 2.12 bits per heavy atom. The van der Waals surface area contributed by atoms with Gasteiger partial charge in [-0.1, -0.05) is 18.2 Å². The molecule has 0 aliphatic heterocycles. The van der Waals surface area contributed by atoms with Crippen molar-refractivity contribution in [1.29, 1.82) is 10.5 Å². The summed E-state index contributed by atoms with van der Waals surface area (Å²) < 4.78 is 0. The highest BCUT2D eigenvalue weighted by atomic mass is 16.4. The normalized spacial score (nSPS) is 8.62. The Labute approximate surface area is 91.6 Å². The lowest BCUT2D eigenvalue weighted by atomic mass is 10.0. The second kappa shape index (κ2) is 4.63. The minimum absolute atomic E-state index is 0.0389. The van der Waals surface area contributed by atoms with Gasteiger partial charge in [-0.3, -0.25) is 0 Å². The van der Waals surface area contributed by atoms with E-state index in [1.165, 1.54) is 12.1 Å². The van der Waals surface area contributed by atoms with Crippen molar-refractivity contribution in [2.75, 3.05) is 0 Å². The average Bonchev–Trinajstić information content (AvgIpc) is 2.30. The summed E-state index contributed by atoms with van der Waals surface area (Å²) in [5, 5.41) is 26.2. The molecule has 78 valence electrons. The van der Waals surface area contributed by atoms with Gasteiger partial charge in [-0.15, -0.1) is 0 Å². The number of nitriles is 2. The molecule has 1 rings (SSSR count). The molecule has 0 unspecified atom stereocenters. The molecule has 0 aliphatic rings. The molecule has 0 bridgehead atoms. The first-order valence-corrected chi connectivity index (χ1v) is 4.24. The molecule has 3 N–H and O–H groups in total. The number of carboxylic acid groups (broad SMARTS) is 1. The first-order valence-electron chi connectivity index (χ1n) is 4.24. The van der Waals surface area contributed by atoms with Crippen LogP contribution in [0.4, 0.5) is 0 Å². The second-order valence-electron chi connectivity index (χ2n) is 2.86. The smallest absolute Gasteiger partial charge is 0.336 e. The average molecular weight is 213 g/mol. The van der Waals surface area contributed by atoms with E-state index >= 15 is 0 Å². The number of allylic oxidation sites excluding steroid dienone is 1. The van der Waals surface area contributed by atoms with E-state index in [2.05, 4.69) is 0 Å². The maximum atomic E-state index is 10.9. The summed E-state index contributed by atoms with van der Waals surface area (Å²) in [7, 11) is 0. The number of rotatable bonds is 2. The highest BCUT2D eigenvalue weighted by molar-refractivity contribution is 5.94. The van der Waals surface area contributed by atoms with E-state index in [4.69, 9.17) is 21.4 Å². The summed E-state index contributed by atoms with van der Waals surface area (Å²) >= 11 is 0. The summed E-state index contributed by atoms with van der Waals surface area (Å²) in [5.41, 5.74) is 5.29. The van der Waals surface area contributed by atoms with Crippen LogP contribution in [-0.2, 0) is 0 Å². The van der Waals surface area contributed by atoms with Crippen LogP contribution in [-0.4, -0.2) is 11.1 Å². The van der Waals surface area contributed by atoms with E-state index in [1.807, 2.05) is 0 Å². The first kappa shape index (κ1) is 11.3. The Balaban J connectivity index is 3.48. The Bertz CT molecular complexity index is 531. The Kier molecular flexibility index (Phi) is 3.26. The third-order valence-electron chi connectivity index (χ3n) is 1.94. The molecule has 0 saturated carbocycles. The molecule has 0 spiro atoms. The largest absolute Gasteiger partial charge is 0.478 e. The summed E-state index contributed by atoms with van der Waals surface area (Å²) in [6.07, 6.45) is 0. The van der Waals surface area contributed by atoms with Gasteiger partial charge >= 0.3 is 5.97 Å². The molecule has 0 aromatic heterocycles. The molecule has 5 nitrogen and oxygen atoms in total. The van der Waals surface area contributed by atoms with Crippen LogP contribution in [0, 0.1) is 22.7 Å². The molecule has 5 heteroatoms. The molecule has 0 heterocycles. The summed E-state index contributed by atoms with van der Waals surface area (Å²) in [6, 6.07) is 9.17. The topological polar surface area (TPSA) is 111 Å². The minimum Gasteiger partial charge on any atom is -0.478 e. The van der Waals surface area contributed by atoms with Gasteiger partial charge < -0.3 is 10.8 Å². The van der Waals surface area contributed by atoms with Crippen molar-refractivity contribution < 1.29 is 9.90 Å². The van der Waals surface area contributed by atoms with E-state index < -0.39 is 5.97 Å². The molecular formula is C11H7N3O2. The van der Waals surface area contributed by atoms with Crippen LogP contribution in [0.15, 0.2) is 29.8 Å². The Hall–Kier alpha value is -2.79. The van der Waals surface area contributed by atoms with Crippen LogP contribution in [0.25, 0.3) is 5.70 Å². The molecular weight excluding hydrogens is 206 g/mol. The lowest BCUT2D eigenvalue weighted by molar-refractivity contribution is 0.0696. The van der Waals surface area contributed by atoms with Crippen LogP contribution < -0.4 is 5.73 Å². The number of hydrogen-bond acceptors (Lipinski definition) is 4. The molecule has 0 amide bonds. The van der Waals surface area contributed by atoms with E-state index in [0.29, 0.717) is 0 Å². The summed E-state index contributed by atoms with van der Waals surface area (Å²) in [4.78, 5) is 10.9. The van der Waals surface area contributed by atoms with Gasteiger partial charge in [0.2, 0.25) is 0 Å². The van der Waals surface area contributed by atoms with Crippen LogP contribution in [0.1, 0.15) is 15.9 Å². The molecule has 0 fully saturated rings. The van der Waals surface area contributed by atoms with Crippen molar-refractivity contribution in [1.82, 2.24) is 0 Å². The van der Waals surface area contributed by atoms with Gasteiger partial charge in [0.25, 0.3) is 0 Å². The number of aromatic carboxylic acids is 1. The standard InChI is InChI=1S/C11H7N3O2/c12-5-7(6-13)10(14)8-3-1-2-4-9(8)11(15)16/h1-4H,14H2,(H,15,16). The van der Waals surface area contributed by atoms with Crippen LogP contribution in [0.3, 0.4) is 0 Å². The lowest BCUT2D eigenvalue weighted by Gasteiger charge is -2.05. The zero-order valence-corrected chi connectivity index (χ0v) is 8.14. The summed E-state index contributed by atoms with van der Waals surface area (Å²) in [5.74, 6) is -1.16. The van der Waals surface area contributed by atoms with Gasteiger partial charge in [0.15, 0.2) is 5.57 Å². The number of benzene rings is 1. The third kappa shape index (κ3) is 1.99. The van der Waals surface area contributed by atoms with Crippen LogP contribution in [0.2, 0.25) is 0 Å². The van der Waals surface area contributed by atoms with Gasteiger partial charge in [0.1, 0.15) is 12.1 Å². The number of nitrogens with two attached hydrogens (primary N) is 1. The minimum atomic E-state index is -1.16. The monoisotopic (exact) mass is 213 g/mol. The zero-order chi connectivity index (χ0) is 12.1. The fourth-order valence-electron chi connectivity index (χ4n) is 1.18. The highest BCUT2D eigenvalue weighted by Gasteiger charge is 2.13. The first-order chi connectivity index (χ1) is 7.61. The molecule has 1 aromatic rings. The zero-order valence-electron chi connectivity index (χ0n) is 8.14. The molecule has 0 atom stereocenters. The molecule has 0 saturated heterocycles. The number of carboxylic acids is 1. The van der Waals surface area contributed by atoms with Crippen molar-refractivity contribution >= 4 is 11.7 Å². The van der Waals surface area contributed by atoms with Gasteiger partial charge in [0, 0.05) is 5.56 Å². The molecule has 0 radical (unpaired) electrons. The highest BCUT2D eigenvalue weighted by Crippen LogP contribution is 2.17. The molecule has 0 aliphatic carbocycles. The van der Waals surface area contributed by atoms with Gasteiger partial charge in [-0.05, 0) is 6.07 Å². The van der Waals surface area contributed by atoms with Crippen LogP contribution >= 0.6 is 0 Å². The van der Waals surface area contributed by atoms with Crippen molar-refractivity contribution in [2.45, 2.75) is 0 Å². The van der Waals surface area contributed by atoms with E-state index in [1.54, 1.807) is 24.3 Å². The molecule has 16 heavy (non-hydrogen) atoms. The quantitative estimate of drug-likeness (QED) is 0.714. The van der Waals surface area contributed by atoms with Gasteiger partial charge in [-0.2, -0.15) is 10.5 Å². The predicted octanol–water partition coefficient (Wildman–Crippen LogP) is 1.10. The fourth-order valence-corrected chi connectivity index (χ4v) is 1.18. The van der Waals surface area contributed by atoms with Gasteiger partial charge in [0.05, 0.1) is 11.3 Å². The Morgan fingerprint density at radius 1 is 1.19 bits per heavy atom.